The largest absolute Gasteiger partial charge is 1.00 e. The van der Waals surface area contributed by atoms with Gasteiger partial charge in [-0.25, -0.2) is 9.97 Å². The van der Waals surface area contributed by atoms with E-state index in [0.29, 0.717) is 5.82 Å². The molecule has 0 saturated carbocycles. The predicted molar refractivity (Wildman–Crippen MR) is 34.5 cm³/mol. The topological polar surface area (TPSA) is 63.1 Å². The van der Waals surface area contributed by atoms with Gasteiger partial charge < -0.3 is 6.53 Å². The third-order valence-electron chi connectivity index (χ3n) is 0.929. The van der Waals surface area contributed by atoms with Crippen molar-refractivity contribution in [3.8, 4) is 0 Å². The standard InChI is InChI=1S/C6H6N2O2.Na.H/c9-6(10)4-5-7-2-1-3-8-5;;/h1-3H,4H2,(H,9,10);;/q;+1;-1. The quantitative estimate of drug-likeness (QED) is 0.478. The van der Waals surface area contributed by atoms with Crippen LogP contribution >= 0.6 is 0 Å². The molecule has 5 heteroatoms. The maximum absolute atomic E-state index is 10.1. The zero-order chi connectivity index (χ0) is 7.40. The number of carboxylic acids is 1. The van der Waals surface area contributed by atoms with Crippen molar-refractivity contribution in [2.45, 2.75) is 6.42 Å². The summed E-state index contributed by atoms with van der Waals surface area (Å²) in [6.07, 6.45) is 2.93. The number of carboxylic acid groups (broad SMARTS) is 1. The first-order valence-electron chi connectivity index (χ1n) is 2.77. The minimum atomic E-state index is -0.911. The molecule has 1 aromatic rings. The number of nitrogens with zero attached hydrogens (tertiary/aromatic N) is 2. The Morgan fingerprint density at radius 2 is 2.09 bits per heavy atom. The fourth-order valence-electron chi connectivity index (χ4n) is 0.557. The fourth-order valence-corrected chi connectivity index (χ4v) is 0.557. The maximum atomic E-state index is 10.1. The van der Waals surface area contributed by atoms with Crippen molar-refractivity contribution in [1.82, 2.24) is 9.97 Å². The van der Waals surface area contributed by atoms with Gasteiger partial charge in [-0.3, -0.25) is 4.79 Å². The first-order valence-corrected chi connectivity index (χ1v) is 2.77. The van der Waals surface area contributed by atoms with Crippen LogP contribution < -0.4 is 29.6 Å². The molecule has 0 atom stereocenters. The molecule has 0 spiro atoms. The van der Waals surface area contributed by atoms with Crippen LogP contribution in [0, 0.1) is 0 Å². The summed E-state index contributed by atoms with van der Waals surface area (Å²) in [5.74, 6) is -0.568. The molecule has 1 heterocycles. The minimum absolute atomic E-state index is 0. The molecule has 0 aliphatic heterocycles. The molecule has 1 N–H and O–H groups in total. The van der Waals surface area contributed by atoms with Gasteiger partial charge in [-0.05, 0) is 6.07 Å². The Bertz CT molecular complexity index is 232. The van der Waals surface area contributed by atoms with E-state index >= 15 is 0 Å². The summed E-state index contributed by atoms with van der Waals surface area (Å²) in [4.78, 5) is 17.5. The second-order valence-electron chi connectivity index (χ2n) is 1.74. The minimum Gasteiger partial charge on any atom is -1.00 e. The van der Waals surface area contributed by atoms with Gasteiger partial charge in [-0.1, -0.05) is 0 Å². The van der Waals surface area contributed by atoms with Crippen LogP contribution in [0.4, 0.5) is 0 Å². The molecule has 0 bridgehead atoms. The number of carbonyl (C=O) groups is 1. The first-order chi connectivity index (χ1) is 4.79. The zero-order valence-electron chi connectivity index (χ0n) is 7.19. The van der Waals surface area contributed by atoms with Crippen LogP contribution in [0.25, 0.3) is 0 Å². The van der Waals surface area contributed by atoms with Crippen LogP contribution in [-0.4, -0.2) is 21.0 Å². The van der Waals surface area contributed by atoms with E-state index in [0.717, 1.165) is 0 Å². The summed E-state index contributed by atoms with van der Waals surface area (Å²) < 4.78 is 0. The van der Waals surface area contributed by atoms with E-state index in [1.54, 1.807) is 6.07 Å². The summed E-state index contributed by atoms with van der Waals surface area (Å²) in [6, 6.07) is 1.64. The Morgan fingerprint density at radius 1 is 1.55 bits per heavy atom. The second-order valence-corrected chi connectivity index (χ2v) is 1.74. The summed E-state index contributed by atoms with van der Waals surface area (Å²) in [5, 5.41) is 8.29. The van der Waals surface area contributed by atoms with Gasteiger partial charge in [0.1, 0.15) is 12.2 Å². The third-order valence-corrected chi connectivity index (χ3v) is 0.929. The Kier molecular flexibility index (Phi) is 5.02. The van der Waals surface area contributed by atoms with Gasteiger partial charge in [-0.2, -0.15) is 0 Å². The third kappa shape index (κ3) is 4.08. The molecule has 4 nitrogen and oxygen atoms in total. The molecule has 0 amide bonds. The van der Waals surface area contributed by atoms with Crippen molar-refractivity contribution in [1.29, 1.82) is 0 Å². The molecular weight excluding hydrogens is 155 g/mol. The summed E-state index contributed by atoms with van der Waals surface area (Å²) >= 11 is 0. The van der Waals surface area contributed by atoms with Crippen LogP contribution in [0.2, 0.25) is 0 Å². The van der Waals surface area contributed by atoms with Gasteiger partial charge in [0, 0.05) is 12.4 Å². The maximum Gasteiger partial charge on any atom is 1.00 e. The Balaban J connectivity index is 0. The predicted octanol–water partition coefficient (Wildman–Crippen LogP) is -2.78. The molecule has 1 aromatic heterocycles. The second kappa shape index (κ2) is 5.23. The molecule has 0 aliphatic carbocycles. The van der Waals surface area contributed by atoms with Crippen LogP contribution in [0.3, 0.4) is 0 Å². The smallest absolute Gasteiger partial charge is 1.00 e. The Labute approximate surface area is 87.5 Å². The Morgan fingerprint density at radius 3 is 2.55 bits per heavy atom. The fraction of sp³-hybridized carbons (Fsp3) is 0.167. The normalized spacial score (nSPS) is 8.36. The van der Waals surface area contributed by atoms with Gasteiger partial charge in [0.25, 0.3) is 0 Å². The van der Waals surface area contributed by atoms with E-state index in [1.165, 1.54) is 12.4 Å². The summed E-state index contributed by atoms with van der Waals surface area (Å²) in [6.45, 7) is 0. The van der Waals surface area contributed by atoms with Crippen molar-refractivity contribution >= 4 is 5.97 Å². The van der Waals surface area contributed by atoms with Crippen LogP contribution in [0.1, 0.15) is 7.25 Å². The van der Waals surface area contributed by atoms with Crippen molar-refractivity contribution in [2.24, 2.45) is 0 Å². The average Bonchev–Trinajstić information content (AvgIpc) is 1.88. The number of rotatable bonds is 2. The monoisotopic (exact) mass is 162 g/mol. The first kappa shape index (κ1) is 10.6. The number of aliphatic carboxylic acids is 1. The molecule has 0 saturated heterocycles. The van der Waals surface area contributed by atoms with E-state index in [2.05, 4.69) is 9.97 Å². The Hall–Kier alpha value is -0.450. The molecule has 0 aromatic carbocycles. The van der Waals surface area contributed by atoms with Crippen LogP contribution in [0.15, 0.2) is 18.5 Å². The van der Waals surface area contributed by atoms with Crippen molar-refractivity contribution in [2.75, 3.05) is 0 Å². The molecule has 0 radical (unpaired) electrons. The number of aromatic nitrogens is 2. The van der Waals surface area contributed by atoms with E-state index in [4.69, 9.17) is 5.11 Å². The van der Waals surface area contributed by atoms with Gasteiger partial charge in [0.05, 0.1) is 0 Å². The van der Waals surface area contributed by atoms with Gasteiger partial charge in [0.2, 0.25) is 0 Å². The van der Waals surface area contributed by atoms with Gasteiger partial charge in [0.15, 0.2) is 0 Å². The molecule has 54 valence electrons. The van der Waals surface area contributed by atoms with Gasteiger partial charge in [-0.15, -0.1) is 0 Å². The van der Waals surface area contributed by atoms with E-state index in [-0.39, 0.29) is 37.4 Å². The van der Waals surface area contributed by atoms with E-state index < -0.39 is 5.97 Å². The van der Waals surface area contributed by atoms with Crippen LogP contribution in [-0.2, 0) is 11.2 Å². The van der Waals surface area contributed by atoms with Gasteiger partial charge >= 0.3 is 35.5 Å². The zero-order valence-corrected chi connectivity index (χ0v) is 8.19. The summed E-state index contributed by atoms with van der Waals surface area (Å²) in [5.41, 5.74) is 0. The SMILES string of the molecule is O=C(O)Cc1ncccn1.[H-].[Na+]. The van der Waals surface area contributed by atoms with Crippen molar-refractivity contribution in [3.63, 3.8) is 0 Å². The molecule has 0 fully saturated rings. The number of hydrogen-bond donors (Lipinski definition) is 1. The number of hydrogen-bond acceptors (Lipinski definition) is 3. The summed E-state index contributed by atoms with van der Waals surface area (Å²) in [7, 11) is 0. The van der Waals surface area contributed by atoms with E-state index in [9.17, 15) is 4.79 Å². The molecule has 11 heavy (non-hydrogen) atoms. The van der Waals surface area contributed by atoms with Crippen molar-refractivity contribution in [3.05, 3.63) is 24.3 Å². The molecule has 0 aliphatic rings. The van der Waals surface area contributed by atoms with Crippen molar-refractivity contribution < 1.29 is 40.9 Å². The molecular formula is C6H7N2NaO2. The van der Waals surface area contributed by atoms with Crippen LogP contribution in [0.5, 0.6) is 0 Å². The van der Waals surface area contributed by atoms with E-state index in [1.807, 2.05) is 0 Å². The average molecular weight is 162 g/mol. The molecule has 0 unspecified atom stereocenters. The molecule has 1 rings (SSSR count).